The molecule has 0 amide bonds. The summed E-state index contributed by atoms with van der Waals surface area (Å²) in [5, 5.41) is 15.8. The number of anilines is 1. The lowest BCUT2D eigenvalue weighted by Gasteiger charge is -2.13. The Morgan fingerprint density at radius 3 is 2.33 bits per heavy atom. The minimum absolute atomic E-state index is 0.123. The van der Waals surface area contributed by atoms with Gasteiger partial charge in [0, 0.05) is 0 Å². The van der Waals surface area contributed by atoms with Crippen molar-refractivity contribution in [2.45, 2.75) is 6.18 Å². The Balaban J connectivity index is 2.69. The molecule has 0 saturated carbocycles. The van der Waals surface area contributed by atoms with Gasteiger partial charge in [0.05, 0.1) is 22.5 Å². The summed E-state index contributed by atoms with van der Waals surface area (Å²) in [7, 11) is 0. The van der Waals surface area contributed by atoms with E-state index in [2.05, 4.69) is 10.2 Å². The lowest BCUT2D eigenvalue weighted by Crippen LogP contribution is -2.11. The maximum Gasteiger partial charge on any atom is 0.418 e. The van der Waals surface area contributed by atoms with Crippen LogP contribution >= 0.6 is 0 Å². The number of alkyl halides is 3. The molecule has 92 valence electrons. The standard InChI is InChI=1S/C10H6F3N5/c11-10(12,13)8-2-7(18-4-16-17-5-18)1-6(3-14)9(8)15/h1-2,4-5H,15H2. The van der Waals surface area contributed by atoms with Crippen LogP contribution in [-0.4, -0.2) is 14.8 Å². The van der Waals surface area contributed by atoms with Crippen molar-refractivity contribution in [1.82, 2.24) is 14.8 Å². The van der Waals surface area contributed by atoms with Gasteiger partial charge in [-0.3, -0.25) is 4.57 Å². The van der Waals surface area contributed by atoms with E-state index in [4.69, 9.17) is 11.0 Å². The molecule has 0 unspecified atom stereocenters. The fourth-order valence-electron chi connectivity index (χ4n) is 1.45. The number of benzene rings is 1. The summed E-state index contributed by atoms with van der Waals surface area (Å²) in [5.74, 6) is 0. The van der Waals surface area contributed by atoms with Crippen molar-refractivity contribution in [3.63, 3.8) is 0 Å². The molecule has 2 rings (SSSR count). The summed E-state index contributed by atoms with van der Waals surface area (Å²) in [6, 6.07) is 3.72. The van der Waals surface area contributed by atoms with E-state index in [1.54, 1.807) is 6.07 Å². The first-order valence-corrected chi connectivity index (χ1v) is 4.69. The molecule has 8 heteroatoms. The van der Waals surface area contributed by atoms with Crippen molar-refractivity contribution in [3.8, 4) is 11.8 Å². The van der Waals surface area contributed by atoms with Gasteiger partial charge in [0.25, 0.3) is 0 Å². The summed E-state index contributed by atoms with van der Waals surface area (Å²) >= 11 is 0. The average molecular weight is 253 g/mol. The molecule has 1 aromatic heterocycles. The number of aromatic nitrogens is 3. The maximum absolute atomic E-state index is 12.8. The molecular formula is C10H6F3N5. The molecule has 1 heterocycles. The number of nitriles is 1. The molecule has 1 aromatic carbocycles. The van der Waals surface area contributed by atoms with Crippen molar-refractivity contribution in [2.24, 2.45) is 0 Å². The Morgan fingerprint density at radius 1 is 1.22 bits per heavy atom. The van der Waals surface area contributed by atoms with Gasteiger partial charge in [0.2, 0.25) is 0 Å². The topological polar surface area (TPSA) is 80.5 Å². The third-order valence-electron chi connectivity index (χ3n) is 2.31. The summed E-state index contributed by atoms with van der Waals surface area (Å²) in [5.41, 5.74) is 3.57. The number of hydrogen-bond donors (Lipinski definition) is 1. The highest BCUT2D eigenvalue weighted by Gasteiger charge is 2.34. The molecule has 0 radical (unpaired) electrons. The highest BCUT2D eigenvalue weighted by atomic mass is 19.4. The number of rotatable bonds is 1. The van der Waals surface area contributed by atoms with Crippen molar-refractivity contribution in [2.75, 3.05) is 5.73 Å². The molecule has 18 heavy (non-hydrogen) atoms. The molecule has 5 nitrogen and oxygen atoms in total. The average Bonchev–Trinajstić information content (AvgIpc) is 2.81. The molecule has 0 atom stereocenters. The number of halogens is 3. The predicted octanol–water partition coefficient (Wildman–Crippen LogP) is 1.74. The fourth-order valence-corrected chi connectivity index (χ4v) is 1.45. The van der Waals surface area contributed by atoms with Gasteiger partial charge in [-0.15, -0.1) is 10.2 Å². The number of nitrogens with two attached hydrogens (primary N) is 1. The van der Waals surface area contributed by atoms with Crippen molar-refractivity contribution < 1.29 is 13.2 Å². The minimum atomic E-state index is -4.63. The van der Waals surface area contributed by atoms with Crippen LogP contribution in [0.3, 0.4) is 0 Å². The summed E-state index contributed by atoms with van der Waals surface area (Å²) < 4.78 is 39.5. The van der Waals surface area contributed by atoms with Gasteiger partial charge < -0.3 is 5.73 Å². The number of hydrogen-bond acceptors (Lipinski definition) is 4. The van der Waals surface area contributed by atoms with Crippen LogP contribution in [0, 0.1) is 11.3 Å². The highest BCUT2D eigenvalue weighted by molar-refractivity contribution is 5.64. The maximum atomic E-state index is 12.8. The van der Waals surface area contributed by atoms with Crippen molar-refractivity contribution >= 4 is 5.69 Å². The molecule has 0 saturated heterocycles. The lowest BCUT2D eigenvalue weighted by molar-refractivity contribution is -0.136. The van der Waals surface area contributed by atoms with Crippen LogP contribution in [0.15, 0.2) is 24.8 Å². The van der Waals surface area contributed by atoms with Crippen LogP contribution in [0.5, 0.6) is 0 Å². The molecular weight excluding hydrogens is 247 g/mol. The number of nitrogens with zero attached hydrogens (tertiary/aromatic N) is 4. The smallest absolute Gasteiger partial charge is 0.397 e. The molecule has 2 N–H and O–H groups in total. The Labute approximate surface area is 99.3 Å². The molecule has 0 bridgehead atoms. The molecule has 0 fully saturated rings. The van der Waals surface area contributed by atoms with Gasteiger partial charge in [-0.2, -0.15) is 18.4 Å². The number of nitrogen functional groups attached to an aromatic ring is 1. The van der Waals surface area contributed by atoms with Crippen LogP contribution in [0.1, 0.15) is 11.1 Å². The first kappa shape index (κ1) is 11.9. The second kappa shape index (κ2) is 4.03. The van der Waals surface area contributed by atoms with E-state index >= 15 is 0 Å². The summed E-state index contributed by atoms with van der Waals surface area (Å²) in [6.45, 7) is 0. The second-order valence-electron chi connectivity index (χ2n) is 3.43. The zero-order chi connectivity index (χ0) is 13.3. The van der Waals surface area contributed by atoms with Crippen LogP contribution in [0.4, 0.5) is 18.9 Å². The lowest BCUT2D eigenvalue weighted by atomic mass is 10.1. The van der Waals surface area contributed by atoms with E-state index in [0.717, 1.165) is 6.07 Å². The van der Waals surface area contributed by atoms with Gasteiger partial charge in [-0.1, -0.05) is 0 Å². The van der Waals surface area contributed by atoms with E-state index in [9.17, 15) is 13.2 Å². The fraction of sp³-hybridized carbons (Fsp3) is 0.100. The van der Waals surface area contributed by atoms with E-state index in [-0.39, 0.29) is 11.3 Å². The van der Waals surface area contributed by atoms with Gasteiger partial charge in [0.15, 0.2) is 0 Å². The summed E-state index contributed by atoms with van der Waals surface area (Å²) in [4.78, 5) is 0. The Kier molecular flexibility index (Phi) is 2.67. The van der Waals surface area contributed by atoms with Crippen LogP contribution in [0.2, 0.25) is 0 Å². The van der Waals surface area contributed by atoms with E-state index in [1.165, 1.54) is 23.3 Å². The van der Waals surface area contributed by atoms with E-state index in [0.29, 0.717) is 0 Å². The zero-order valence-electron chi connectivity index (χ0n) is 8.81. The SMILES string of the molecule is N#Cc1cc(-n2cnnc2)cc(C(F)(F)F)c1N. The van der Waals surface area contributed by atoms with Gasteiger partial charge in [-0.05, 0) is 12.1 Å². The zero-order valence-corrected chi connectivity index (χ0v) is 8.81. The van der Waals surface area contributed by atoms with Gasteiger partial charge in [0.1, 0.15) is 18.7 Å². The van der Waals surface area contributed by atoms with Gasteiger partial charge >= 0.3 is 6.18 Å². The molecule has 0 spiro atoms. The van der Waals surface area contributed by atoms with Gasteiger partial charge in [-0.25, -0.2) is 0 Å². The minimum Gasteiger partial charge on any atom is -0.397 e. The molecule has 0 aliphatic heterocycles. The van der Waals surface area contributed by atoms with Crippen LogP contribution in [-0.2, 0) is 6.18 Å². The highest BCUT2D eigenvalue weighted by Crippen LogP contribution is 2.36. The van der Waals surface area contributed by atoms with Crippen molar-refractivity contribution in [3.05, 3.63) is 35.9 Å². The molecule has 0 aliphatic carbocycles. The Bertz CT molecular complexity index is 610. The Hall–Kier alpha value is -2.56. The molecule has 0 aliphatic rings. The Morgan fingerprint density at radius 2 is 1.83 bits per heavy atom. The second-order valence-corrected chi connectivity index (χ2v) is 3.43. The third kappa shape index (κ3) is 1.98. The van der Waals surface area contributed by atoms with E-state index in [1.807, 2.05) is 0 Å². The largest absolute Gasteiger partial charge is 0.418 e. The molecule has 2 aromatic rings. The predicted molar refractivity (Wildman–Crippen MR) is 55.5 cm³/mol. The summed E-state index contributed by atoms with van der Waals surface area (Å²) in [6.07, 6.45) is -2.17. The normalized spacial score (nSPS) is 11.2. The third-order valence-corrected chi connectivity index (χ3v) is 2.31. The van der Waals surface area contributed by atoms with Crippen LogP contribution in [0.25, 0.3) is 5.69 Å². The monoisotopic (exact) mass is 253 g/mol. The van der Waals surface area contributed by atoms with Crippen molar-refractivity contribution in [1.29, 1.82) is 5.26 Å². The first-order chi connectivity index (χ1) is 8.43. The quantitative estimate of drug-likeness (QED) is 0.785. The van der Waals surface area contributed by atoms with Crippen LogP contribution < -0.4 is 5.73 Å². The first-order valence-electron chi connectivity index (χ1n) is 4.69. The van der Waals surface area contributed by atoms with E-state index < -0.39 is 17.4 Å².